The second-order valence-electron chi connectivity index (χ2n) is 3.64. The molecule has 2 aromatic carbocycles. The van der Waals surface area contributed by atoms with Gasteiger partial charge in [0.15, 0.2) is 0 Å². The number of hydrogen-bond donors (Lipinski definition) is 1. The van der Waals surface area contributed by atoms with Crippen LogP contribution in [0.4, 0.5) is 17.6 Å². The van der Waals surface area contributed by atoms with Gasteiger partial charge in [0.25, 0.3) is 0 Å². The average Bonchev–Trinajstić information content (AvgIpc) is 2.24. The van der Waals surface area contributed by atoms with Crippen LogP contribution in [0.5, 0.6) is 0 Å². The Morgan fingerprint density at radius 2 is 1.24 bits per heavy atom. The summed E-state index contributed by atoms with van der Waals surface area (Å²) in [5.41, 5.74) is -0.932. The molecule has 0 saturated heterocycles. The lowest BCUT2D eigenvalue weighted by molar-refractivity contribution is 0.0686. The molecule has 2 nitrogen and oxygen atoms in total. The highest BCUT2D eigenvalue weighted by Crippen LogP contribution is 2.19. The molecular weight excluding hydrogens is 424 g/mol. The van der Waals surface area contributed by atoms with Gasteiger partial charge in [-0.15, -0.1) is 0 Å². The fourth-order valence-corrected chi connectivity index (χ4v) is 2.11. The van der Waals surface area contributed by atoms with Crippen molar-refractivity contribution in [3.8, 4) is 0 Å². The minimum Gasteiger partial charge on any atom is -0.477 e. The number of carbonyl (C=O) groups is 1. The Hall–Kier alpha value is -1.41. The molecule has 0 aliphatic rings. The molecule has 0 atom stereocenters. The molecule has 2 rings (SSSR count). The smallest absolute Gasteiger partial charge is 0.341 e. The lowest BCUT2D eigenvalue weighted by Gasteiger charge is -1.99. The van der Waals surface area contributed by atoms with Gasteiger partial charge in [-0.1, -0.05) is 31.9 Å². The van der Waals surface area contributed by atoms with Crippen LogP contribution >= 0.6 is 31.9 Å². The summed E-state index contributed by atoms with van der Waals surface area (Å²) in [5.74, 6) is -4.93. The molecule has 0 aromatic heterocycles. The molecular formula is C13H10Br2F4O2. The van der Waals surface area contributed by atoms with E-state index < -0.39 is 34.8 Å². The molecule has 2 aromatic rings. The lowest BCUT2D eigenvalue weighted by Crippen LogP contribution is -2.04. The Morgan fingerprint density at radius 3 is 1.57 bits per heavy atom. The van der Waals surface area contributed by atoms with Gasteiger partial charge >= 0.3 is 5.97 Å². The summed E-state index contributed by atoms with van der Waals surface area (Å²) in [6, 6.07) is 5.01. The largest absolute Gasteiger partial charge is 0.477 e. The van der Waals surface area contributed by atoms with Crippen LogP contribution < -0.4 is 0 Å². The van der Waals surface area contributed by atoms with Crippen molar-refractivity contribution in [2.45, 2.75) is 0 Å². The number of rotatable bonds is 1. The normalized spacial score (nSPS) is 9.81. The van der Waals surface area contributed by atoms with Crippen molar-refractivity contribution in [2.24, 2.45) is 0 Å². The van der Waals surface area contributed by atoms with Crippen LogP contribution in [-0.2, 0) is 0 Å². The molecule has 0 spiro atoms. The molecule has 0 aliphatic carbocycles. The number of benzene rings is 2. The van der Waals surface area contributed by atoms with Gasteiger partial charge in [0.05, 0.1) is 0 Å². The van der Waals surface area contributed by atoms with E-state index in [2.05, 4.69) is 31.9 Å². The predicted octanol–water partition coefficient (Wildman–Crippen LogP) is 5.64. The molecule has 0 aliphatic heterocycles. The van der Waals surface area contributed by atoms with E-state index >= 15 is 0 Å². The second kappa shape index (κ2) is 7.56. The van der Waals surface area contributed by atoms with E-state index in [1.54, 1.807) is 0 Å². The van der Waals surface area contributed by atoms with E-state index in [9.17, 15) is 22.4 Å². The van der Waals surface area contributed by atoms with Gasteiger partial charge in [-0.25, -0.2) is 22.4 Å². The molecule has 1 N–H and O–H groups in total. The fourth-order valence-electron chi connectivity index (χ4n) is 1.27. The first-order valence-electron chi connectivity index (χ1n) is 5.20. The topological polar surface area (TPSA) is 37.3 Å². The maximum Gasteiger partial charge on any atom is 0.341 e. The maximum absolute atomic E-state index is 12.7. The molecule has 0 radical (unpaired) electrons. The Labute approximate surface area is 136 Å². The highest BCUT2D eigenvalue weighted by molar-refractivity contribution is 9.10. The van der Waals surface area contributed by atoms with Crippen molar-refractivity contribution in [3.63, 3.8) is 0 Å². The van der Waals surface area contributed by atoms with E-state index in [0.717, 1.165) is 18.2 Å². The van der Waals surface area contributed by atoms with Crippen molar-refractivity contribution < 1.29 is 30.3 Å². The summed E-state index contributed by atoms with van der Waals surface area (Å²) in [4.78, 5) is 10.3. The first-order valence-corrected chi connectivity index (χ1v) is 6.78. The number of carboxylic acids is 1. The highest BCUT2D eigenvalue weighted by Gasteiger charge is 2.16. The summed E-state index contributed by atoms with van der Waals surface area (Å²) >= 11 is 5.76. The van der Waals surface area contributed by atoms with Gasteiger partial charge in [0, 0.05) is 17.9 Å². The summed E-state index contributed by atoms with van der Waals surface area (Å²) < 4.78 is 50.3. The average molecular weight is 434 g/mol. The third-order valence-electron chi connectivity index (χ3n) is 2.05. The quantitative estimate of drug-likeness (QED) is 0.590. The summed E-state index contributed by atoms with van der Waals surface area (Å²) in [6.45, 7) is 0. The Kier molecular flexibility index (Phi) is 6.35. The van der Waals surface area contributed by atoms with Crippen LogP contribution in [0.3, 0.4) is 0 Å². The van der Waals surface area contributed by atoms with Gasteiger partial charge in [-0.05, 0) is 24.3 Å². The number of aromatic carboxylic acids is 1. The monoisotopic (exact) mass is 432 g/mol. The van der Waals surface area contributed by atoms with Gasteiger partial charge in [-0.2, -0.15) is 0 Å². The molecule has 21 heavy (non-hydrogen) atoms. The van der Waals surface area contributed by atoms with E-state index in [1.807, 2.05) is 0 Å². The third kappa shape index (κ3) is 5.47. The number of hydrogen-bond acceptors (Lipinski definition) is 1. The molecule has 116 valence electrons. The molecule has 0 amide bonds. The van der Waals surface area contributed by atoms with Crippen molar-refractivity contribution in [1.29, 1.82) is 0 Å². The van der Waals surface area contributed by atoms with E-state index in [1.165, 1.54) is 12.1 Å². The second-order valence-corrected chi connectivity index (χ2v) is 5.47. The van der Waals surface area contributed by atoms with Gasteiger partial charge in [0.1, 0.15) is 28.8 Å². The molecule has 8 heteroatoms. The Balaban J connectivity index is 0. The van der Waals surface area contributed by atoms with Crippen LogP contribution in [0, 0.1) is 23.3 Å². The number of halogens is 6. The predicted molar refractivity (Wildman–Crippen MR) is 79.3 cm³/mol. The highest BCUT2D eigenvalue weighted by atomic mass is 79.9. The number of carboxylic acid groups (broad SMARTS) is 1. The molecule has 0 bridgehead atoms. The van der Waals surface area contributed by atoms with Crippen LogP contribution in [0.2, 0.25) is 0 Å². The SMILES string of the molecule is Fc1cc(F)cc(Br)c1.O=C(O)c1c(F)cc(Br)cc1F.[HH].[HH]. The first-order chi connectivity index (χ1) is 9.70. The van der Waals surface area contributed by atoms with Crippen molar-refractivity contribution in [2.75, 3.05) is 0 Å². The first kappa shape index (κ1) is 17.6. The Morgan fingerprint density at radius 1 is 0.857 bits per heavy atom. The van der Waals surface area contributed by atoms with Gasteiger partial charge in [-0.3, -0.25) is 0 Å². The standard InChI is InChI=1S/C7H3BrF2O2.C6H3BrF2.2H2/c8-3-1-4(9)6(7(11)12)5(10)2-3;7-4-1-5(8)3-6(9)2-4;;/h1-2H,(H,11,12);1-3H;2*1H. The third-order valence-corrected chi connectivity index (χ3v) is 2.96. The zero-order chi connectivity index (χ0) is 16.2. The fraction of sp³-hybridized carbons (Fsp3) is 0. The van der Waals surface area contributed by atoms with Crippen molar-refractivity contribution in [3.05, 3.63) is 68.1 Å². The zero-order valence-corrected chi connectivity index (χ0v) is 13.2. The van der Waals surface area contributed by atoms with Crippen LogP contribution in [0.25, 0.3) is 0 Å². The van der Waals surface area contributed by atoms with Crippen molar-refractivity contribution >= 4 is 37.8 Å². The van der Waals surface area contributed by atoms with Gasteiger partial charge < -0.3 is 5.11 Å². The van der Waals surface area contributed by atoms with Gasteiger partial charge in [0.2, 0.25) is 0 Å². The van der Waals surface area contributed by atoms with Crippen LogP contribution in [0.15, 0.2) is 39.3 Å². The minimum absolute atomic E-state index is 0. The maximum atomic E-state index is 12.7. The molecule has 0 unspecified atom stereocenters. The minimum atomic E-state index is -1.61. The van der Waals surface area contributed by atoms with Crippen LogP contribution in [0.1, 0.15) is 13.2 Å². The summed E-state index contributed by atoms with van der Waals surface area (Å²) in [5, 5.41) is 8.34. The summed E-state index contributed by atoms with van der Waals surface area (Å²) in [7, 11) is 0. The molecule has 0 heterocycles. The van der Waals surface area contributed by atoms with E-state index in [4.69, 9.17) is 5.11 Å². The molecule has 0 saturated carbocycles. The van der Waals surface area contributed by atoms with Crippen LogP contribution in [-0.4, -0.2) is 11.1 Å². The van der Waals surface area contributed by atoms with Crippen molar-refractivity contribution in [1.82, 2.24) is 0 Å². The molecule has 0 fully saturated rings. The zero-order valence-electron chi connectivity index (χ0n) is 10.0. The lowest BCUT2D eigenvalue weighted by atomic mass is 10.2. The van der Waals surface area contributed by atoms with E-state index in [-0.39, 0.29) is 7.33 Å². The van der Waals surface area contributed by atoms with E-state index in [0.29, 0.717) is 4.47 Å². The Bertz CT molecular complexity index is 614. The summed E-state index contributed by atoms with van der Waals surface area (Å²) in [6.07, 6.45) is 0.